The molecule has 5 heteroatoms. The third kappa shape index (κ3) is 5.10. The van der Waals surface area contributed by atoms with E-state index in [1.54, 1.807) is 24.3 Å². The lowest BCUT2D eigenvalue weighted by atomic mass is 10.2. The minimum Gasteiger partial charge on any atom is -0.490 e. The van der Waals surface area contributed by atoms with Gasteiger partial charge in [0.1, 0.15) is 24.7 Å². The number of hydrogen-bond donors (Lipinski definition) is 1. The van der Waals surface area contributed by atoms with E-state index >= 15 is 0 Å². The van der Waals surface area contributed by atoms with Crippen LogP contribution in [0.5, 0.6) is 11.5 Å². The largest absolute Gasteiger partial charge is 0.490 e. The minimum absolute atomic E-state index is 0.170. The van der Waals surface area contributed by atoms with Crippen molar-refractivity contribution in [3.63, 3.8) is 0 Å². The molecule has 0 saturated heterocycles. The Morgan fingerprint density at radius 3 is 2.00 bits per heavy atom. The summed E-state index contributed by atoms with van der Waals surface area (Å²) in [7, 11) is 0. The highest BCUT2D eigenvalue weighted by molar-refractivity contribution is 9.10. The molecule has 4 nitrogen and oxygen atoms in total. The maximum Gasteiger partial charge on any atom is 0.255 e. The highest BCUT2D eigenvalue weighted by atomic mass is 79.9. The molecular formula is C21H18BrNO3. The number of rotatable bonds is 7. The zero-order valence-corrected chi connectivity index (χ0v) is 15.6. The van der Waals surface area contributed by atoms with E-state index in [9.17, 15) is 4.79 Å². The van der Waals surface area contributed by atoms with Crippen LogP contribution in [0, 0.1) is 0 Å². The smallest absolute Gasteiger partial charge is 0.255 e. The zero-order chi connectivity index (χ0) is 18.2. The highest BCUT2D eigenvalue weighted by Crippen LogP contribution is 2.22. The van der Waals surface area contributed by atoms with Crippen molar-refractivity contribution < 1.29 is 14.3 Å². The number of carbonyl (C=O) groups excluding carboxylic acids is 1. The van der Waals surface area contributed by atoms with Crippen molar-refractivity contribution in [2.24, 2.45) is 0 Å². The van der Waals surface area contributed by atoms with Gasteiger partial charge in [-0.2, -0.15) is 0 Å². The Morgan fingerprint density at radius 1 is 0.769 bits per heavy atom. The molecule has 0 aromatic heterocycles. The van der Waals surface area contributed by atoms with Crippen LogP contribution in [0.4, 0.5) is 5.69 Å². The number of carbonyl (C=O) groups is 1. The van der Waals surface area contributed by atoms with Gasteiger partial charge < -0.3 is 14.8 Å². The summed E-state index contributed by atoms with van der Waals surface area (Å²) in [5, 5.41) is 2.87. The molecule has 3 aromatic rings. The summed E-state index contributed by atoms with van der Waals surface area (Å²) in [6.45, 7) is 0.881. The summed E-state index contributed by atoms with van der Waals surface area (Å²) in [6.07, 6.45) is 0. The van der Waals surface area contributed by atoms with Gasteiger partial charge in [-0.25, -0.2) is 0 Å². The first-order chi connectivity index (χ1) is 12.7. The molecule has 1 amide bonds. The quantitative estimate of drug-likeness (QED) is 0.546. The monoisotopic (exact) mass is 411 g/mol. The number of amides is 1. The summed E-state index contributed by atoms with van der Waals surface area (Å²) in [4.78, 5) is 12.3. The van der Waals surface area contributed by atoms with Crippen molar-refractivity contribution in [2.45, 2.75) is 0 Å². The number of anilines is 1. The molecule has 0 unspecified atom stereocenters. The van der Waals surface area contributed by atoms with Crippen molar-refractivity contribution in [3.8, 4) is 11.5 Å². The molecular weight excluding hydrogens is 394 g/mol. The first-order valence-electron chi connectivity index (χ1n) is 8.19. The second-order valence-corrected chi connectivity index (χ2v) is 6.32. The van der Waals surface area contributed by atoms with Gasteiger partial charge >= 0.3 is 0 Å². The van der Waals surface area contributed by atoms with Gasteiger partial charge in [-0.15, -0.1) is 0 Å². The normalized spacial score (nSPS) is 10.2. The minimum atomic E-state index is -0.170. The molecule has 0 radical (unpaired) electrons. The lowest BCUT2D eigenvalue weighted by molar-refractivity contribution is 0.102. The van der Waals surface area contributed by atoms with E-state index in [0.29, 0.717) is 24.5 Å². The Bertz CT molecular complexity index is 851. The van der Waals surface area contributed by atoms with E-state index < -0.39 is 0 Å². The van der Waals surface area contributed by atoms with E-state index in [1.165, 1.54) is 0 Å². The van der Waals surface area contributed by atoms with E-state index in [4.69, 9.17) is 9.47 Å². The van der Waals surface area contributed by atoms with Crippen molar-refractivity contribution in [2.75, 3.05) is 18.5 Å². The fourth-order valence-electron chi connectivity index (χ4n) is 2.30. The molecule has 0 atom stereocenters. The topological polar surface area (TPSA) is 47.6 Å². The summed E-state index contributed by atoms with van der Waals surface area (Å²) in [5.41, 5.74) is 1.30. The predicted octanol–water partition coefficient (Wildman–Crippen LogP) is 5.16. The predicted molar refractivity (Wildman–Crippen MR) is 106 cm³/mol. The highest BCUT2D eigenvalue weighted by Gasteiger charge is 2.08. The van der Waals surface area contributed by atoms with Gasteiger partial charge in [0.25, 0.3) is 5.91 Å². The molecule has 0 aliphatic rings. The van der Waals surface area contributed by atoms with E-state index in [2.05, 4.69) is 21.2 Å². The van der Waals surface area contributed by atoms with Gasteiger partial charge in [-0.3, -0.25) is 4.79 Å². The standard InChI is InChI=1S/C21H18BrNO3/c22-19-8-4-5-9-20(19)23-21(24)16-10-12-18(13-11-16)26-15-14-25-17-6-2-1-3-7-17/h1-13H,14-15H2,(H,23,24). The zero-order valence-electron chi connectivity index (χ0n) is 14.0. The number of nitrogens with one attached hydrogen (secondary N) is 1. The van der Waals surface area contributed by atoms with Crippen molar-refractivity contribution >= 4 is 27.5 Å². The Labute approximate surface area is 160 Å². The van der Waals surface area contributed by atoms with Crippen LogP contribution in [0.1, 0.15) is 10.4 Å². The second kappa shape index (κ2) is 9.06. The van der Waals surface area contributed by atoms with Crippen LogP contribution in [-0.4, -0.2) is 19.1 Å². The van der Waals surface area contributed by atoms with Crippen LogP contribution in [-0.2, 0) is 0 Å². The van der Waals surface area contributed by atoms with Crippen LogP contribution >= 0.6 is 15.9 Å². The lowest BCUT2D eigenvalue weighted by Gasteiger charge is -2.10. The SMILES string of the molecule is O=C(Nc1ccccc1Br)c1ccc(OCCOc2ccccc2)cc1. The summed E-state index contributed by atoms with van der Waals surface area (Å²) >= 11 is 3.41. The first kappa shape index (κ1) is 18.0. The number of hydrogen-bond acceptors (Lipinski definition) is 3. The Balaban J connectivity index is 1.48. The Hall–Kier alpha value is -2.79. The van der Waals surface area contributed by atoms with Crippen molar-refractivity contribution in [1.82, 2.24) is 0 Å². The molecule has 0 spiro atoms. The van der Waals surface area contributed by atoms with E-state index in [0.717, 1.165) is 15.9 Å². The number of para-hydroxylation sites is 2. The van der Waals surface area contributed by atoms with Crippen LogP contribution in [0.2, 0.25) is 0 Å². The maximum absolute atomic E-state index is 12.3. The van der Waals surface area contributed by atoms with Crippen LogP contribution in [0.15, 0.2) is 83.3 Å². The van der Waals surface area contributed by atoms with Crippen LogP contribution < -0.4 is 14.8 Å². The molecule has 3 rings (SSSR count). The van der Waals surface area contributed by atoms with Gasteiger partial charge in [-0.1, -0.05) is 30.3 Å². The fraction of sp³-hybridized carbons (Fsp3) is 0.0952. The number of benzene rings is 3. The molecule has 0 aliphatic carbocycles. The van der Waals surface area contributed by atoms with Crippen LogP contribution in [0.25, 0.3) is 0 Å². The molecule has 0 heterocycles. The average Bonchev–Trinajstić information content (AvgIpc) is 2.68. The number of halogens is 1. The third-order valence-corrected chi connectivity index (χ3v) is 4.29. The van der Waals surface area contributed by atoms with Crippen molar-refractivity contribution in [3.05, 3.63) is 88.9 Å². The summed E-state index contributed by atoms with van der Waals surface area (Å²) in [6, 6.07) is 24.1. The molecule has 26 heavy (non-hydrogen) atoms. The molecule has 1 N–H and O–H groups in total. The third-order valence-electron chi connectivity index (χ3n) is 3.60. The van der Waals surface area contributed by atoms with Gasteiger partial charge in [-0.05, 0) is 64.5 Å². The van der Waals surface area contributed by atoms with E-state index in [-0.39, 0.29) is 5.91 Å². The first-order valence-corrected chi connectivity index (χ1v) is 8.98. The number of ether oxygens (including phenoxy) is 2. The van der Waals surface area contributed by atoms with Gasteiger partial charge in [0.15, 0.2) is 0 Å². The molecule has 0 saturated carbocycles. The van der Waals surface area contributed by atoms with E-state index in [1.807, 2.05) is 54.6 Å². The average molecular weight is 412 g/mol. The van der Waals surface area contributed by atoms with Gasteiger partial charge in [0.05, 0.1) is 5.69 Å². The van der Waals surface area contributed by atoms with Gasteiger partial charge in [0.2, 0.25) is 0 Å². The fourth-order valence-corrected chi connectivity index (χ4v) is 2.68. The summed E-state index contributed by atoms with van der Waals surface area (Å²) < 4.78 is 12.0. The molecule has 0 fully saturated rings. The van der Waals surface area contributed by atoms with Crippen molar-refractivity contribution in [1.29, 1.82) is 0 Å². The molecule has 0 bridgehead atoms. The maximum atomic E-state index is 12.3. The lowest BCUT2D eigenvalue weighted by Crippen LogP contribution is -2.12. The molecule has 3 aromatic carbocycles. The van der Waals surface area contributed by atoms with Crippen LogP contribution in [0.3, 0.4) is 0 Å². The molecule has 132 valence electrons. The molecule has 0 aliphatic heterocycles. The second-order valence-electron chi connectivity index (χ2n) is 5.47. The van der Waals surface area contributed by atoms with Gasteiger partial charge in [0, 0.05) is 10.0 Å². The summed E-state index contributed by atoms with van der Waals surface area (Å²) in [5.74, 6) is 1.34. The Kier molecular flexibility index (Phi) is 6.28. The Morgan fingerprint density at radius 2 is 1.35 bits per heavy atom.